The predicted molar refractivity (Wildman–Crippen MR) is 77.5 cm³/mol. The Hall–Kier alpha value is -1.03. The molecule has 3 nitrogen and oxygen atoms in total. The Bertz CT molecular complexity index is 455. The minimum Gasteiger partial charge on any atom is -0.398 e. The third-order valence-electron chi connectivity index (χ3n) is 3.62. The van der Waals surface area contributed by atoms with Crippen molar-refractivity contribution in [2.24, 2.45) is 5.41 Å². The molecule has 1 aliphatic carbocycles. The average Bonchev–Trinajstić information content (AvgIpc) is 3.10. The van der Waals surface area contributed by atoms with Gasteiger partial charge in [0.15, 0.2) is 0 Å². The van der Waals surface area contributed by atoms with Gasteiger partial charge in [-0.2, -0.15) is 0 Å². The summed E-state index contributed by atoms with van der Waals surface area (Å²) in [5.41, 5.74) is 7.27. The maximum atomic E-state index is 12.1. The standard InChI is InChI=1S/C14H19BrN2O/c1-2-5-14(6-7-14)9-17-13(18)11-8-10(15)3-4-12(11)16/h3-4,8H,2,5-7,9,16H2,1H3,(H,17,18). The zero-order chi connectivity index (χ0) is 13.2. The summed E-state index contributed by atoms with van der Waals surface area (Å²) in [6.45, 7) is 2.96. The molecule has 4 heteroatoms. The van der Waals surface area contributed by atoms with Crippen LogP contribution in [0.1, 0.15) is 43.0 Å². The lowest BCUT2D eigenvalue weighted by Gasteiger charge is -2.15. The van der Waals surface area contributed by atoms with Crippen molar-refractivity contribution in [1.29, 1.82) is 0 Å². The molecule has 3 N–H and O–H groups in total. The van der Waals surface area contributed by atoms with Crippen molar-refractivity contribution in [3.05, 3.63) is 28.2 Å². The number of rotatable bonds is 5. The highest BCUT2D eigenvalue weighted by molar-refractivity contribution is 9.10. The molecule has 0 saturated heterocycles. The van der Waals surface area contributed by atoms with Gasteiger partial charge in [0.2, 0.25) is 0 Å². The van der Waals surface area contributed by atoms with E-state index in [1.54, 1.807) is 12.1 Å². The summed E-state index contributed by atoms with van der Waals surface area (Å²) in [5.74, 6) is -0.0730. The minimum atomic E-state index is -0.0730. The number of halogens is 1. The van der Waals surface area contributed by atoms with E-state index >= 15 is 0 Å². The predicted octanol–water partition coefficient (Wildman–Crippen LogP) is 3.34. The number of benzene rings is 1. The van der Waals surface area contributed by atoms with Crippen molar-refractivity contribution in [3.8, 4) is 0 Å². The van der Waals surface area contributed by atoms with Gasteiger partial charge in [-0.25, -0.2) is 0 Å². The van der Waals surface area contributed by atoms with Gasteiger partial charge in [0.05, 0.1) is 5.56 Å². The Morgan fingerprint density at radius 1 is 1.50 bits per heavy atom. The Morgan fingerprint density at radius 2 is 2.22 bits per heavy atom. The van der Waals surface area contributed by atoms with E-state index < -0.39 is 0 Å². The van der Waals surface area contributed by atoms with E-state index in [0.717, 1.165) is 11.0 Å². The highest BCUT2D eigenvalue weighted by Crippen LogP contribution is 2.48. The fourth-order valence-corrected chi connectivity index (χ4v) is 2.67. The number of carbonyl (C=O) groups excluding carboxylic acids is 1. The lowest BCUT2D eigenvalue weighted by Crippen LogP contribution is -2.30. The van der Waals surface area contributed by atoms with E-state index in [0.29, 0.717) is 16.7 Å². The number of nitrogen functional groups attached to an aromatic ring is 1. The van der Waals surface area contributed by atoms with Gasteiger partial charge in [0, 0.05) is 16.7 Å². The highest BCUT2D eigenvalue weighted by atomic mass is 79.9. The summed E-state index contributed by atoms with van der Waals surface area (Å²) in [5, 5.41) is 3.01. The lowest BCUT2D eigenvalue weighted by atomic mass is 10.0. The van der Waals surface area contributed by atoms with Crippen LogP contribution in [0, 0.1) is 5.41 Å². The van der Waals surface area contributed by atoms with Gasteiger partial charge < -0.3 is 11.1 Å². The molecule has 1 aliphatic rings. The first-order valence-corrected chi connectivity index (χ1v) is 7.19. The first-order valence-electron chi connectivity index (χ1n) is 6.39. The largest absolute Gasteiger partial charge is 0.398 e. The molecule has 18 heavy (non-hydrogen) atoms. The van der Waals surface area contributed by atoms with Crippen LogP contribution in [0.5, 0.6) is 0 Å². The Balaban J connectivity index is 1.98. The van der Waals surface area contributed by atoms with Crippen molar-refractivity contribution in [3.63, 3.8) is 0 Å². The van der Waals surface area contributed by atoms with Crippen LogP contribution in [0.2, 0.25) is 0 Å². The molecule has 98 valence electrons. The SMILES string of the molecule is CCCC1(CNC(=O)c2cc(Br)ccc2N)CC1. The van der Waals surface area contributed by atoms with E-state index in [9.17, 15) is 4.79 Å². The molecule has 1 fully saturated rings. The monoisotopic (exact) mass is 310 g/mol. The van der Waals surface area contributed by atoms with Gasteiger partial charge in [-0.1, -0.05) is 29.3 Å². The van der Waals surface area contributed by atoms with Crippen molar-refractivity contribution >= 4 is 27.5 Å². The Kier molecular flexibility index (Phi) is 3.95. The number of nitrogens with two attached hydrogens (primary N) is 1. The minimum absolute atomic E-state index is 0.0730. The fourth-order valence-electron chi connectivity index (χ4n) is 2.31. The van der Waals surface area contributed by atoms with Crippen LogP contribution >= 0.6 is 15.9 Å². The zero-order valence-electron chi connectivity index (χ0n) is 10.6. The fraction of sp³-hybridized carbons (Fsp3) is 0.500. The van der Waals surface area contributed by atoms with Crippen LogP contribution in [0.15, 0.2) is 22.7 Å². The number of carbonyl (C=O) groups is 1. The van der Waals surface area contributed by atoms with Crippen LogP contribution in [0.3, 0.4) is 0 Å². The van der Waals surface area contributed by atoms with Gasteiger partial charge >= 0.3 is 0 Å². The van der Waals surface area contributed by atoms with Crippen molar-refractivity contribution in [1.82, 2.24) is 5.32 Å². The third kappa shape index (κ3) is 3.05. The van der Waals surface area contributed by atoms with Crippen LogP contribution in [0.25, 0.3) is 0 Å². The number of hydrogen-bond acceptors (Lipinski definition) is 2. The summed E-state index contributed by atoms with van der Waals surface area (Å²) in [6, 6.07) is 5.35. The van der Waals surface area contributed by atoms with Crippen LogP contribution in [-0.4, -0.2) is 12.5 Å². The normalized spacial score (nSPS) is 16.3. The molecule has 1 saturated carbocycles. The molecule has 2 rings (SSSR count). The van der Waals surface area contributed by atoms with Gasteiger partial charge in [0.25, 0.3) is 5.91 Å². The molecule has 0 aromatic heterocycles. The van der Waals surface area contributed by atoms with Crippen LogP contribution in [0.4, 0.5) is 5.69 Å². The summed E-state index contributed by atoms with van der Waals surface area (Å²) in [7, 11) is 0. The third-order valence-corrected chi connectivity index (χ3v) is 4.11. The lowest BCUT2D eigenvalue weighted by molar-refractivity contribution is 0.0944. The van der Waals surface area contributed by atoms with Crippen molar-refractivity contribution in [2.75, 3.05) is 12.3 Å². The second kappa shape index (κ2) is 5.31. The van der Waals surface area contributed by atoms with Gasteiger partial charge in [-0.05, 0) is 42.9 Å². The number of anilines is 1. The number of hydrogen-bond donors (Lipinski definition) is 2. The molecule has 0 atom stereocenters. The van der Waals surface area contributed by atoms with E-state index in [2.05, 4.69) is 28.2 Å². The molecule has 1 aromatic rings. The number of nitrogens with one attached hydrogen (secondary N) is 1. The molecule has 0 radical (unpaired) electrons. The average molecular weight is 311 g/mol. The van der Waals surface area contributed by atoms with E-state index in [1.165, 1.54) is 25.7 Å². The Labute approximate surface area is 116 Å². The molecule has 0 aliphatic heterocycles. The van der Waals surface area contributed by atoms with Crippen molar-refractivity contribution < 1.29 is 4.79 Å². The zero-order valence-corrected chi connectivity index (χ0v) is 12.2. The second-order valence-electron chi connectivity index (χ2n) is 5.16. The maximum Gasteiger partial charge on any atom is 0.253 e. The van der Waals surface area contributed by atoms with E-state index in [-0.39, 0.29) is 5.91 Å². The summed E-state index contributed by atoms with van der Waals surface area (Å²) < 4.78 is 0.872. The molecule has 1 amide bonds. The van der Waals surface area contributed by atoms with Gasteiger partial charge in [-0.3, -0.25) is 4.79 Å². The number of amides is 1. The molecule has 0 heterocycles. The van der Waals surface area contributed by atoms with Crippen LogP contribution < -0.4 is 11.1 Å². The van der Waals surface area contributed by atoms with Crippen molar-refractivity contribution in [2.45, 2.75) is 32.6 Å². The Morgan fingerprint density at radius 3 is 2.83 bits per heavy atom. The summed E-state index contributed by atoms with van der Waals surface area (Å²) in [6.07, 6.45) is 4.83. The second-order valence-corrected chi connectivity index (χ2v) is 6.08. The van der Waals surface area contributed by atoms with Crippen LogP contribution in [-0.2, 0) is 0 Å². The molecular formula is C14H19BrN2O. The molecule has 0 spiro atoms. The first kappa shape index (κ1) is 13.4. The molecule has 1 aromatic carbocycles. The first-order chi connectivity index (χ1) is 8.56. The van der Waals surface area contributed by atoms with Gasteiger partial charge in [-0.15, -0.1) is 0 Å². The summed E-state index contributed by atoms with van der Waals surface area (Å²) >= 11 is 3.36. The smallest absolute Gasteiger partial charge is 0.253 e. The summed E-state index contributed by atoms with van der Waals surface area (Å²) in [4.78, 5) is 12.1. The molecule has 0 bridgehead atoms. The van der Waals surface area contributed by atoms with Gasteiger partial charge in [0.1, 0.15) is 0 Å². The quantitative estimate of drug-likeness (QED) is 0.819. The topological polar surface area (TPSA) is 55.1 Å². The highest BCUT2D eigenvalue weighted by Gasteiger charge is 2.41. The van der Waals surface area contributed by atoms with E-state index in [1.807, 2.05) is 6.07 Å². The maximum absolute atomic E-state index is 12.1. The molecular weight excluding hydrogens is 292 g/mol. The molecule has 0 unspecified atom stereocenters. The van der Waals surface area contributed by atoms with E-state index in [4.69, 9.17) is 5.73 Å².